The van der Waals surface area contributed by atoms with Gasteiger partial charge < -0.3 is 16.2 Å². The van der Waals surface area contributed by atoms with E-state index in [4.69, 9.17) is 18.0 Å². The number of hydrogen-bond donors (Lipinski definition) is 3. The molecule has 25 heavy (non-hydrogen) atoms. The van der Waals surface area contributed by atoms with Crippen molar-refractivity contribution in [2.45, 2.75) is 19.5 Å². The van der Waals surface area contributed by atoms with E-state index in [9.17, 15) is 9.90 Å². The van der Waals surface area contributed by atoms with Crippen molar-refractivity contribution in [1.29, 1.82) is 0 Å². The standard InChI is InChI=1S/C19H23N3O2S/c1-14(22(11-12-23)13-15-7-3-2-4-8-15)19(24)21-17-10-6-5-9-16(17)18(20)25/h2-10,14,23H,11-13H2,1H3,(H2,20,25)(H,21,24). The van der Waals surface area contributed by atoms with E-state index in [0.29, 0.717) is 24.3 Å². The SMILES string of the molecule is CC(C(=O)Nc1ccccc1C(N)=S)N(CCO)Cc1ccccc1. The summed E-state index contributed by atoms with van der Waals surface area (Å²) < 4.78 is 0. The van der Waals surface area contributed by atoms with E-state index in [0.717, 1.165) is 5.56 Å². The molecular weight excluding hydrogens is 334 g/mol. The Morgan fingerprint density at radius 1 is 1.20 bits per heavy atom. The molecule has 2 rings (SSSR count). The molecule has 0 heterocycles. The van der Waals surface area contributed by atoms with E-state index in [-0.39, 0.29) is 17.5 Å². The third-order valence-corrected chi connectivity index (χ3v) is 4.21. The second-order valence-electron chi connectivity index (χ2n) is 5.75. The fourth-order valence-corrected chi connectivity index (χ4v) is 2.74. The molecule has 0 aliphatic heterocycles. The van der Waals surface area contributed by atoms with Crippen LogP contribution in [0.5, 0.6) is 0 Å². The molecule has 4 N–H and O–H groups in total. The monoisotopic (exact) mass is 357 g/mol. The Morgan fingerprint density at radius 2 is 1.84 bits per heavy atom. The van der Waals surface area contributed by atoms with Crippen LogP contribution in [0, 0.1) is 0 Å². The second-order valence-corrected chi connectivity index (χ2v) is 6.19. The van der Waals surface area contributed by atoms with Gasteiger partial charge in [0.1, 0.15) is 4.99 Å². The van der Waals surface area contributed by atoms with Crippen molar-refractivity contribution < 1.29 is 9.90 Å². The molecule has 0 fully saturated rings. The summed E-state index contributed by atoms with van der Waals surface area (Å²) in [5, 5.41) is 12.2. The number of rotatable bonds is 8. The smallest absolute Gasteiger partial charge is 0.241 e. The van der Waals surface area contributed by atoms with Crippen molar-refractivity contribution in [2.75, 3.05) is 18.5 Å². The number of amides is 1. The van der Waals surface area contributed by atoms with Crippen LogP contribution in [0.1, 0.15) is 18.1 Å². The number of nitrogens with one attached hydrogen (secondary N) is 1. The molecule has 132 valence electrons. The summed E-state index contributed by atoms with van der Waals surface area (Å²) in [7, 11) is 0. The Hall–Kier alpha value is -2.28. The highest BCUT2D eigenvalue weighted by Crippen LogP contribution is 2.16. The Labute approximate surface area is 153 Å². The molecule has 0 saturated carbocycles. The first-order valence-corrected chi connectivity index (χ1v) is 8.52. The minimum atomic E-state index is -0.424. The Bertz CT molecular complexity index is 722. The van der Waals surface area contributed by atoms with Crippen LogP contribution in [-0.2, 0) is 11.3 Å². The van der Waals surface area contributed by atoms with Crippen LogP contribution in [0.2, 0.25) is 0 Å². The van der Waals surface area contributed by atoms with Crippen molar-refractivity contribution in [2.24, 2.45) is 5.73 Å². The van der Waals surface area contributed by atoms with Crippen LogP contribution in [0.15, 0.2) is 54.6 Å². The lowest BCUT2D eigenvalue weighted by Crippen LogP contribution is -2.43. The quantitative estimate of drug-likeness (QED) is 0.631. The van der Waals surface area contributed by atoms with Crippen molar-refractivity contribution in [3.63, 3.8) is 0 Å². The zero-order valence-electron chi connectivity index (χ0n) is 14.2. The lowest BCUT2D eigenvalue weighted by atomic mass is 10.1. The highest BCUT2D eigenvalue weighted by Gasteiger charge is 2.22. The number of aliphatic hydroxyl groups is 1. The van der Waals surface area contributed by atoms with Gasteiger partial charge in [0, 0.05) is 18.7 Å². The van der Waals surface area contributed by atoms with E-state index in [1.807, 2.05) is 54.3 Å². The van der Waals surface area contributed by atoms with Gasteiger partial charge in [0.15, 0.2) is 0 Å². The van der Waals surface area contributed by atoms with Gasteiger partial charge in [-0.25, -0.2) is 0 Å². The van der Waals surface area contributed by atoms with Crippen LogP contribution >= 0.6 is 12.2 Å². The number of carbonyl (C=O) groups excluding carboxylic acids is 1. The molecule has 0 aliphatic carbocycles. The van der Waals surface area contributed by atoms with Crippen molar-refractivity contribution in [3.05, 3.63) is 65.7 Å². The van der Waals surface area contributed by atoms with Gasteiger partial charge in [-0.1, -0.05) is 54.7 Å². The average Bonchev–Trinajstić information content (AvgIpc) is 2.62. The van der Waals surface area contributed by atoms with Gasteiger partial charge in [-0.3, -0.25) is 9.69 Å². The first-order valence-electron chi connectivity index (χ1n) is 8.11. The second kappa shape index (κ2) is 9.27. The molecule has 1 atom stereocenters. The van der Waals surface area contributed by atoms with Gasteiger partial charge in [0.25, 0.3) is 0 Å². The minimum Gasteiger partial charge on any atom is -0.395 e. The van der Waals surface area contributed by atoms with Gasteiger partial charge in [0.2, 0.25) is 5.91 Å². The number of benzene rings is 2. The third-order valence-electron chi connectivity index (χ3n) is 3.99. The number of aliphatic hydroxyl groups excluding tert-OH is 1. The van der Waals surface area contributed by atoms with Crippen molar-refractivity contribution >= 4 is 28.8 Å². The van der Waals surface area contributed by atoms with Gasteiger partial charge in [0.05, 0.1) is 18.3 Å². The highest BCUT2D eigenvalue weighted by molar-refractivity contribution is 7.80. The van der Waals surface area contributed by atoms with Crippen LogP contribution < -0.4 is 11.1 Å². The predicted molar refractivity (Wildman–Crippen MR) is 104 cm³/mol. The first-order chi connectivity index (χ1) is 12.0. The van der Waals surface area contributed by atoms with Crippen LogP contribution in [-0.4, -0.2) is 40.1 Å². The Morgan fingerprint density at radius 3 is 2.48 bits per heavy atom. The van der Waals surface area contributed by atoms with E-state index in [2.05, 4.69) is 5.32 Å². The van der Waals surface area contributed by atoms with Crippen LogP contribution in [0.3, 0.4) is 0 Å². The molecule has 1 unspecified atom stereocenters. The van der Waals surface area contributed by atoms with E-state index in [1.54, 1.807) is 12.1 Å². The predicted octanol–water partition coefficient (Wildman–Crippen LogP) is 2.14. The molecule has 0 saturated heterocycles. The van der Waals surface area contributed by atoms with Crippen molar-refractivity contribution in [3.8, 4) is 0 Å². The third kappa shape index (κ3) is 5.35. The van der Waals surface area contributed by atoms with Gasteiger partial charge in [-0.05, 0) is 24.6 Å². The summed E-state index contributed by atoms with van der Waals surface area (Å²) >= 11 is 5.03. The highest BCUT2D eigenvalue weighted by atomic mass is 32.1. The van der Waals surface area contributed by atoms with E-state index >= 15 is 0 Å². The molecular formula is C19H23N3O2S. The lowest BCUT2D eigenvalue weighted by molar-refractivity contribution is -0.121. The molecule has 0 radical (unpaired) electrons. The zero-order valence-corrected chi connectivity index (χ0v) is 15.0. The molecule has 0 bridgehead atoms. The van der Waals surface area contributed by atoms with Crippen LogP contribution in [0.25, 0.3) is 0 Å². The maximum Gasteiger partial charge on any atom is 0.241 e. The number of carbonyl (C=O) groups is 1. The molecule has 6 heteroatoms. The fraction of sp³-hybridized carbons (Fsp3) is 0.263. The molecule has 5 nitrogen and oxygen atoms in total. The summed E-state index contributed by atoms with van der Waals surface area (Å²) in [6.07, 6.45) is 0. The van der Waals surface area contributed by atoms with Gasteiger partial charge in [-0.2, -0.15) is 0 Å². The number of thiocarbonyl (C=S) groups is 1. The largest absolute Gasteiger partial charge is 0.395 e. The van der Waals surface area contributed by atoms with Crippen LogP contribution in [0.4, 0.5) is 5.69 Å². The van der Waals surface area contributed by atoms with E-state index < -0.39 is 6.04 Å². The first kappa shape index (κ1) is 19.1. The number of nitrogens with zero attached hydrogens (tertiary/aromatic N) is 1. The number of anilines is 1. The number of hydrogen-bond acceptors (Lipinski definition) is 4. The zero-order chi connectivity index (χ0) is 18.2. The molecule has 0 aliphatic rings. The maximum absolute atomic E-state index is 12.7. The van der Waals surface area contributed by atoms with E-state index in [1.165, 1.54) is 0 Å². The molecule has 0 spiro atoms. The molecule has 2 aromatic rings. The van der Waals surface area contributed by atoms with Gasteiger partial charge in [-0.15, -0.1) is 0 Å². The summed E-state index contributed by atoms with van der Waals surface area (Å²) in [6, 6.07) is 16.6. The summed E-state index contributed by atoms with van der Waals surface area (Å²) in [5.41, 5.74) is 8.02. The summed E-state index contributed by atoms with van der Waals surface area (Å²) in [5.74, 6) is -0.173. The molecule has 0 aromatic heterocycles. The number of nitrogens with two attached hydrogens (primary N) is 1. The average molecular weight is 357 g/mol. The van der Waals surface area contributed by atoms with Gasteiger partial charge >= 0.3 is 0 Å². The Kier molecular flexibility index (Phi) is 7.06. The Balaban J connectivity index is 2.12. The summed E-state index contributed by atoms with van der Waals surface area (Å²) in [6.45, 7) is 2.78. The minimum absolute atomic E-state index is 0.0199. The lowest BCUT2D eigenvalue weighted by Gasteiger charge is -2.28. The topological polar surface area (TPSA) is 78.6 Å². The molecule has 2 aromatic carbocycles. The normalized spacial score (nSPS) is 12.0. The fourth-order valence-electron chi connectivity index (χ4n) is 2.57. The number of para-hydroxylation sites is 1. The summed E-state index contributed by atoms with van der Waals surface area (Å²) in [4.78, 5) is 14.8. The molecule has 1 amide bonds. The van der Waals surface area contributed by atoms with Crippen molar-refractivity contribution in [1.82, 2.24) is 4.90 Å². The maximum atomic E-state index is 12.7.